The molecular formula is C16H23ClN2O3. The molecule has 0 bridgehead atoms. The predicted molar refractivity (Wildman–Crippen MR) is 87.8 cm³/mol. The van der Waals surface area contributed by atoms with Crippen molar-refractivity contribution in [3.05, 3.63) is 22.7 Å². The van der Waals surface area contributed by atoms with Gasteiger partial charge in [0.15, 0.2) is 0 Å². The molecule has 1 aliphatic heterocycles. The van der Waals surface area contributed by atoms with Gasteiger partial charge in [0.1, 0.15) is 5.75 Å². The molecule has 2 unspecified atom stereocenters. The average Bonchev–Trinajstić information content (AvgIpc) is 2.46. The SMILES string of the molecule is COc1cc(Cl)c(C)cc1NCC(=O)N1CC(C)OC(C)C1. The molecule has 22 heavy (non-hydrogen) atoms. The molecule has 6 heteroatoms. The quantitative estimate of drug-likeness (QED) is 0.924. The molecule has 122 valence electrons. The Morgan fingerprint density at radius 3 is 2.64 bits per heavy atom. The normalized spacial score (nSPS) is 21.6. The number of nitrogens with one attached hydrogen (secondary N) is 1. The lowest BCUT2D eigenvalue weighted by Crippen LogP contribution is -2.49. The molecular weight excluding hydrogens is 304 g/mol. The van der Waals surface area contributed by atoms with E-state index in [2.05, 4.69) is 5.32 Å². The number of anilines is 1. The molecule has 2 atom stereocenters. The number of carbonyl (C=O) groups is 1. The van der Waals surface area contributed by atoms with Gasteiger partial charge in [-0.1, -0.05) is 11.6 Å². The standard InChI is InChI=1S/C16H23ClN2O3/c1-10-5-14(15(21-4)6-13(10)17)18-7-16(20)19-8-11(2)22-12(3)9-19/h5-6,11-12,18H,7-9H2,1-4H3. The van der Waals surface area contributed by atoms with Gasteiger partial charge in [0.05, 0.1) is 31.5 Å². The van der Waals surface area contributed by atoms with Crippen LogP contribution in [0.2, 0.25) is 5.02 Å². The predicted octanol–water partition coefficient (Wildman–Crippen LogP) is 2.70. The Morgan fingerprint density at radius 1 is 1.41 bits per heavy atom. The van der Waals surface area contributed by atoms with Crippen molar-refractivity contribution in [3.63, 3.8) is 0 Å². The summed E-state index contributed by atoms with van der Waals surface area (Å²) in [6.45, 7) is 7.35. The highest BCUT2D eigenvalue weighted by Crippen LogP contribution is 2.30. The number of aryl methyl sites for hydroxylation is 1. The number of nitrogens with zero attached hydrogens (tertiary/aromatic N) is 1. The van der Waals surface area contributed by atoms with Crippen molar-refractivity contribution in [1.82, 2.24) is 4.90 Å². The van der Waals surface area contributed by atoms with Crippen LogP contribution in [0.5, 0.6) is 5.75 Å². The molecule has 0 aliphatic carbocycles. The largest absolute Gasteiger partial charge is 0.495 e. The summed E-state index contributed by atoms with van der Waals surface area (Å²) in [6.07, 6.45) is 0.139. The molecule has 1 aromatic carbocycles. The highest BCUT2D eigenvalue weighted by molar-refractivity contribution is 6.31. The van der Waals surface area contributed by atoms with Gasteiger partial charge < -0.3 is 19.7 Å². The molecule has 1 aliphatic rings. The van der Waals surface area contributed by atoms with Gasteiger partial charge in [-0.25, -0.2) is 0 Å². The zero-order chi connectivity index (χ0) is 16.3. The van der Waals surface area contributed by atoms with Gasteiger partial charge in [0.25, 0.3) is 0 Å². The fourth-order valence-electron chi connectivity index (χ4n) is 2.63. The fourth-order valence-corrected chi connectivity index (χ4v) is 2.79. The highest BCUT2D eigenvalue weighted by atomic mass is 35.5. The van der Waals surface area contributed by atoms with Crippen LogP contribution in [-0.2, 0) is 9.53 Å². The van der Waals surface area contributed by atoms with Crippen LogP contribution in [0.15, 0.2) is 12.1 Å². The topological polar surface area (TPSA) is 50.8 Å². The van der Waals surface area contributed by atoms with Crippen LogP contribution in [-0.4, -0.2) is 49.8 Å². The lowest BCUT2D eigenvalue weighted by atomic mass is 10.2. The maximum Gasteiger partial charge on any atom is 0.242 e. The van der Waals surface area contributed by atoms with Gasteiger partial charge in [0, 0.05) is 24.2 Å². The Morgan fingerprint density at radius 2 is 2.05 bits per heavy atom. The van der Waals surface area contributed by atoms with Crippen molar-refractivity contribution in [3.8, 4) is 5.75 Å². The van der Waals surface area contributed by atoms with Crippen LogP contribution in [0.4, 0.5) is 5.69 Å². The highest BCUT2D eigenvalue weighted by Gasteiger charge is 2.25. The number of hydrogen-bond donors (Lipinski definition) is 1. The van der Waals surface area contributed by atoms with Crippen molar-refractivity contribution < 1.29 is 14.3 Å². The number of benzene rings is 1. The molecule has 0 saturated carbocycles. The van der Waals surface area contributed by atoms with Crippen molar-refractivity contribution in [2.24, 2.45) is 0 Å². The number of halogens is 1. The fraction of sp³-hybridized carbons (Fsp3) is 0.562. The first-order valence-corrected chi connectivity index (χ1v) is 7.79. The lowest BCUT2D eigenvalue weighted by molar-refractivity contribution is -0.141. The average molecular weight is 327 g/mol. The summed E-state index contributed by atoms with van der Waals surface area (Å²) in [5, 5.41) is 3.79. The van der Waals surface area contributed by atoms with E-state index >= 15 is 0 Å². The molecule has 2 rings (SSSR count). The first-order chi connectivity index (χ1) is 10.4. The Labute approximate surface area is 136 Å². The molecule has 5 nitrogen and oxygen atoms in total. The molecule has 1 saturated heterocycles. The summed E-state index contributed by atoms with van der Waals surface area (Å²) in [5.41, 5.74) is 1.71. The number of methoxy groups -OCH3 is 1. The van der Waals surface area contributed by atoms with Crippen LogP contribution in [0.25, 0.3) is 0 Å². The third-order valence-corrected chi connectivity index (χ3v) is 4.09. The molecule has 1 aromatic rings. The molecule has 0 radical (unpaired) electrons. The zero-order valence-corrected chi connectivity index (χ0v) is 14.2. The van der Waals surface area contributed by atoms with Crippen LogP contribution in [0, 0.1) is 6.92 Å². The van der Waals surface area contributed by atoms with Crippen LogP contribution >= 0.6 is 11.6 Å². The minimum absolute atomic E-state index is 0.0525. The van der Waals surface area contributed by atoms with Gasteiger partial charge in [-0.3, -0.25) is 4.79 Å². The first kappa shape index (κ1) is 16.9. The van der Waals surface area contributed by atoms with E-state index in [0.29, 0.717) is 23.9 Å². The van der Waals surface area contributed by atoms with E-state index in [1.54, 1.807) is 13.2 Å². The Bertz CT molecular complexity index is 540. The Balaban J connectivity index is 2.00. The summed E-state index contributed by atoms with van der Waals surface area (Å²) >= 11 is 6.08. The molecule has 1 heterocycles. The second-order valence-electron chi connectivity index (χ2n) is 5.71. The number of morpholine rings is 1. The first-order valence-electron chi connectivity index (χ1n) is 7.42. The van der Waals surface area contributed by atoms with Crippen molar-refractivity contribution in [1.29, 1.82) is 0 Å². The van der Waals surface area contributed by atoms with Crippen molar-refractivity contribution >= 4 is 23.2 Å². The van der Waals surface area contributed by atoms with Crippen molar-refractivity contribution in [2.75, 3.05) is 32.1 Å². The number of hydrogen-bond acceptors (Lipinski definition) is 4. The van der Waals surface area contributed by atoms with Gasteiger partial charge in [-0.05, 0) is 32.4 Å². The summed E-state index contributed by atoms with van der Waals surface area (Å²) in [4.78, 5) is 14.2. The third kappa shape index (κ3) is 4.05. The number of rotatable bonds is 4. The number of carbonyl (C=O) groups excluding carboxylic acids is 1. The van der Waals surface area contributed by atoms with E-state index in [0.717, 1.165) is 11.3 Å². The van der Waals surface area contributed by atoms with Gasteiger partial charge >= 0.3 is 0 Å². The van der Waals surface area contributed by atoms with E-state index in [4.69, 9.17) is 21.1 Å². The van der Waals surface area contributed by atoms with Crippen LogP contribution < -0.4 is 10.1 Å². The second-order valence-corrected chi connectivity index (χ2v) is 6.12. The minimum Gasteiger partial charge on any atom is -0.495 e. The maximum absolute atomic E-state index is 12.4. The van der Waals surface area contributed by atoms with Gasteiger partial charge in [0.2, 0.25) is 5.91 Å². The number of ether oxygens (including phenoxy) is 2. The zero-order valence-electron chi connectivity index (χ0n) is 13.5. The maximum atomic E-state index is 12.4. The Kier molecular flexibility index (Phi) is 5.53. The molecule has 0 spiro atoms. The molecule has 1 N–H and O–H groups in total. The van der Waals surface area contributed by atoms with E-state index in [9.17, 15) is 4.79 Å². The number of amides is 1. The van der Waals surface area contributed by atoms with E-state index in [1.807, 2.05) is 31.7 Å². The van der Waals surface area contributed by atoms with Crippen LogP contribution in [0.3, 0.4) is 0 Å². The monoisotopic (exact) mass is 326 g/mol. The summed E-state index contributed by atoms with van der Waals surface area (Å²) in [5.74, 6) is 0.684. The Hall–Kier alpha value is -1.46. The third-order valence-electron chi connectivity index (χ3n) is 3.68. The molecule has 1 amide bonds. The van der Waals surface area contributed by atoms with Gasteiger partial charge in [-0.2, -0.15) is 0 Å². The summed E-state index contributed by atoms with van der Waals surface area (Å²) < 4.78 is 10.9. The summed E-state index contributed by atoms with van der Waals surface area (Å²) in [7, 11) is 1.58. The summed E-state index contributed by atoms with van der Waals surface area (Å²) in [6, 6.07) is 3.64. The molecule has 0 aromatic heterocycles. The van der Waals surface area contributed by atoms with Crippen molar-refractivity contribution in [2.45, 2.75) is 33.0 Å². The second kappa shape index (κ2) is 7.20. The van der Waals surface area contributed by atoms with Gasteiger partial charge in [-0.15, -0.1) is 0 Å². The smallest absolute Gasteiger partial charge is 0.242 e. The lowest BCUT2D eigenvalue weighted by Gasteiger charge is -2.35. The van der Waals surface area contributed by atoms with E-state index < -0.39 is 0 Å². The molecule has 1 fully saturated rings. The minimum atomic E-state index is 0.0525. The van der Waals surface area contributed by atoms with Crippen LogP contribution in [0.1, 0.15) is 19.4 Å². The van der Waals surface area contributed by atoms with E-state index in [-0.39, 0.29) is 24.7 Å². The van der Waals surface area contributed by atoms with E-state index in [1.165, 1.54) is 0 Å².